The molecule has 184 valence electrons. The molecule has 1 aromatic heterocycles. The number of methoxy groups -OCH3 is 1. The van der Waals surface area contributed by atoms with E-state index in [0.717, 1.165) is 16.9 Å². The maximum Gasteiger partial charge on any atom is 0.350 e. The van der Waals surface area contributed by atoms with Gasteiger partial charge in [-0.25, -0.2) is 9.78 Å². The van der Waals surface area contributed by atoms with Gasteiger partial charge in [-0.1, -0.05) is 66.0 Å². The van der Waals surface area contributed by atoms with Crippen molar-refractivity contribution in [1.29, 1.82) is 0 Å². The fourth-order valence-electron chi connectivity index (χ4n) is 3.87. The van der Waals surface area contributed by atoms with Crippen molar-refractivity contribution >= 4 is 39.9 Å². The lowest BCUT2D eigenvalue weighted by Gasteiger charge is -2.23. The zero-order chi connectivity index (χ0) is 26.0. The van der Waals surface area contributed by atoms with Gasteiger partial charge in [0.15, 0.2) is 5.13 Å². The number of aromatic nitrogens is 1. The van der Waals surface area contributed by atoms with Crippen molar-refractivity contribution in [1.82, 2.24) is 4.98 Å². The van der Waals surface area contributed by atoms with Crippen molar-refractivity contribution in [3.63, 3.8) is 0 Å². The predicted molar refractivity (Wildman–Crippen MR) is 136 cm³/mol. The molecular formula is C27H24N2O6S. The van der Waals surface area contributed by atoms with Gasteiger partial charge in [-0.05, 0) is 31.5 Å². The first-order chi connectivity index (χ1) is 17.3. The third-order valence-corrected chi connectivity index (χ3v) is 6.85. The summed E-state index contributed by atoms with van der Waals surface area (Å²) in [5, 5.41) is 11.3. The summed E-state index contributed by atoms with van der Waals surface area (Å²) < 4.78 is 10.4. The van der Waals surface area contributed by atoms with Crippen molar-refractivity contribution in [2.24, 2.45) is 0 Å². The van der Waals surface area contributed by atoms with Crippen molar-refractivity contribution in [2.75, 3.05) is 18.6 Å². The minimum Gasteiger partial charge on any atom is -0.507 e. The van der Waals surface area contributed by atoms with Crippen LogP contribution in [0.5, 0.6) is 5.75 Å². The monoisotopic (exact) mass is 504 g/mol. The number of rotatable bonds is 7. The first-order valence-corrected chi connectivity index (χ1v) is 11.9. The highest BCUT2D eigenvalue weighted by atomic mass is 32.1. The Labute approximate surface area is 212 Å². The van der Waals surface area contributed by atoms with Gasteiger partial charge in [-0.3, -0.25) is 14.5 Å². The summed E-state index contributed by atoms with van der Waals surface area (Å²) in [6.07, 6.45) is 1.45. The first-order valence-electron chi connectivity index (χ1n) is 11.0. The Morgan fingerprint density at radius 1 is 1.14 bits per heavy atom. The van der Waals surface area contributed by atoms with Gasteiger partial charge in [0.2, 0.25) is 0 Å². The van der Waals surface area contributed by atoms with E-state index in [1.165, 1.54) is 18.1 Å². The zero-order valence-corrected chi connectivity index (χ0v) is 20.8. The molecule has 2 heterocycles. The van der Waals surface area contributed by atoms with E-state index in [2.05, 4.69) is 11.6 Å². The van der Waals surface area contributed by atoms with Crippen LogP contribution in [0.25, 0.3) is 5.76 Å². The number of benzene rings is 2. The van der Waals surface area contributed by atoms with Gasteiger partial charge in [0, 0.05) is 5.56 Å². The number of hydrogen-bond acceptors (Lipinski definition) is 8. The lowest BCUT2D eigenvalue weighted by molar-refractivity contribution is -0.132. The van der Waals surface area contributed by atoms with E-state index in [9.17, 15) is 19.5 Å². The molecule has 1 aliphatic rings. The highest BCUT2D eigenvalue weighted by Crippen LogP contribution is 2.44. The van der Waals surface area contributed by atoms with E-state index in [4.69, 9.17) is 9.47 Å². The molecule has 36 heavy (non-hydrogen) atoms. The van der Waals surface area contributed by atoms with E-state index in [1.54, 1.807) is 55.5 Å². The normalized spacial score (nSPS) is 16.8. The second-order valence-corrected chi connectivity index (χ2v) is 9.08. The van der Waals surface area contributed by atoms with E-state index in [-0.39, 0.29) is 27.9 Å². The first kappa shape index (κ1) is 24.9. The van der Waals surface area contributed by atoms with Crippen LogP contribution in [0.4, 0.5) is 5.13 Å². The Bertz CT molecular complexity index is 1370. The third kappa shape index (κ3) is 4.52. The van der Waals surface area contributed by atoms with Crippen molar-refractivity contribution < 1.29 is 29.0 Å². The van der Waals surface area contributed by atoms with Crippen molar-refractivity contribution in [3.05, 3.63) is 94.0 Å². The molecule has 1 fully saturated rings. The van der Waals surface area contributed by atoms with Crippen LogP contribution in [0, 0.1) is 13.8 Å². The van der Waals surface area contributed by atoms with Gasteiger partial charge in [0.1, 0.15) is 23.0 Å². The summed E-state index contributed by atoms with van der Waals surface area (Å²) in [6, 6.07) is 12.8. The number of Topliss-reactive ketones (excluding diaryl/α,β-unsaturated/α-hetero) is 1. The highest BCUT2D eigenvalue weighted by Gasteiger charge is 2.48. The minimum atomic E-state index is -0.972. The van der Waals surface area contributed by atoms with Crippen LogP contribution < -0.4 is 9.64 Å². The number of anilines is 1. The molecule has 0 bridgehead atoms. The molecule has 0 aliphatic carbocycles. The third-order valence-electron chi connectivity index (χ3n) is 5.71. The van der Waals surface area contributed by atoms with E-state index in [0.29, 0.717) is 22.6 Å². The van der Waals surface area contributed by atoms with E-state index < -0.39 is 23.7 Å². The van der Waals surface area contributed by atoms with Gasteiger partial charge in [0.05, 0.1) is 24.4 Å². The molecule has 1 amide bonds. The molecule has 8 nitrogen and oxygen atoms in total. The SMILES string of the molecule is C=CCOC(=O)c1sc(N2C(=O)C(=O)/C(=C(\O)c3ccc(C)cc3)C2c2ccc(OC)cc2)nc1C. The number of amides is 1. The molecule has 1 aliphatic heterocycles. The van der Waals surface area contributed by atoms with Crippen LogP contribution in [0.2, 0.25) is 0 Å². The van der Waals surface area contributed by atoms with Crippen LogP contribution in [0.3, 0.4) is 0 Å². The number of aryl methyl sites for hydroxylation is 2. The summed E-state index contributed by atoms with van der Waals surface area (Å²) in [5.74, 6) is -2.02. The number of carbonyl (C=O) groups is 3. The largest absolute Gasteiger partial charge is 0.507 e. The number of esters is 1. The second kappa shape index (κ2) is 10.2. The Morgan fingerprint density at radius 2 is 1.81 bits per heavy atom. The van der Waals surface area contributed by atoms with Crippen LogP contribution in [0.15, 0.2) is 66.8 Å². The van der Waals surface area contributed by atoms with E-state index >= 15 is 0 Å². The Kier molecular flexibility index (Phi) is 7.03. The molecule has 1 N–H and O–H groups in total. The van der Waals surface area contributed by atoms with Gasteiger partial charge >= 0.3 is 11.9 Å². The summed E-state index contributed by atoms with van der Waals surface area (Å²) in [7, 11) is 1.53. The summed E-state index contributed by atoms with van der Waals surface area (Å²) >= 11 is 0.943. The van der Waals surface area contributed by atoms with Crippen molar-refractivity contribution in [3.8, 4) is 5.75 Å². The van der Waals surface area contributed by atoms with Crippen LogP contribution in [-0.4, -0.2) is 41.5 Å². The Morgan fingerprint density at radius 3 is 2.42 bits per heavy atom. The number of thiazole rings is 1. The molecule has 9 heteroatoms. The molecule has 0 radical (unpaired) electrons. The van der Waals surface area contributed by atoms with Crippen LogP contribution in [0.1, 0.15) is 38.1 Å². The fraction of sp³-hybridized carbons (Fsp3) is 0.185. The molecule has 0 spiro atoms. The summed E-state index contributed by atoms with van der Waals surface area (Å²) in [4.78, 5) is 44.9. The molecule has 1 saturated heterocycles. The van der Waals surface area contributed by atoms with Crippen LogP contribution >= 0.6 is 11.3 Å². The van der Waals surface area contributed by atoms with Gasteiger partial charge in [0.25, 0.3) is 5.78 Å². The molecule has 0 saturated carbocycles. The predicted octanol–water partition coefficient (Wildman–Crippen LogP) is 4.74. The molecule has 1 atom stereocenters. The van der Waals surface area contributed by atoms with Gasteiger partial charge < -0.3 is 14.6 Å². The number of carbonyl (C=O) groups excluding carboxylic acids is 3. The van der Waals surface area contributed by atoms with E-state index in [1.807, 2.05) is 6.92 Å². The minimum absolute atomic E-state index is 0.0262. The average molecular weight is 505 g/mol. The molecule has 4 rings (SSSR count). The Hall–Kier alpha value is -4.24. The van der Waals surface area contributed by atoms with Gasteiger partial charge in [-0.2, -0.15) is 0 Å². The number of aliphatic hydroxyl groups excluding tert-OH is 1. The smallest absolute Gasteiger partial charge is 0.350 e. The van der Waals surface area contributed by atoms with Crippen LogP contribution in [-0.2, 0) is 14.3 Å². The second-order valence-electron chi connectivity index (χ2n) is 8.11. The molecule has 2 aromatic carbocycles. The lowest BCUT2D eigenvalue weighted by Crippen LogP contribution is -2.29. The summed E-state index contributed by atoms with van der Waals surface area (Å²) in [5.41, 5.74) is 2.23. The van der Waals surface area contributed by atoms with Crippen molar-refractivity contribution in [2.45, 2.75) is 19.9 Å². The Balaban J connectivity index is 1.88. The van der Waals surface area contributed by atoms with Gasteiger partial charge in [-0.15, -0.1) is 0 Å². The molecule has 1 unspecified atom stereocenters. The maximum absolute atomic E-state index is 13.3. The maximum atomic E-state index is 13.3. The quantitative estimate of drug-likeness (QED) is 0.163. The number of aliphatic hydroxyl groups is 1. The summed E-state index contributed by atoms with van der Waals surface area (Å²) in [6.45, 7) is 7.08. The fourth-order valence-corrected chi connectivity index (χ4v) is 4.86. The molecular weight excluding hydrogens is 480 g/mol. The molecule has 3 aromatic rings. The highest BCUT2D eigenvalue weighted by molar-refractivity contribution is 7.17. The topological polar surface area (TPSA) is 106 Å². The number of ketones is 1. The number of hydrogen-bond donors (Lipinski definition) is 1. The number of ether oxygens (including phenoxy) is 2. The number of nitrogens with zero attached hydrogens (tertiary/aromatic N) is 2. The standard InChI is InChI=1S/C27H24N2O6S/c1-5-14-35-26(33)24-16(3)28-27(36-24)29-21(17-10-12-19(34-4)13-11-17)20(23(31)25(29)32)22(30)18-8-6-15(2)7-9-18/h5-13,21,30H,1,14H2,2-4H3/b22-20-. The average Bonchev–Trinajstić information content (AvgIpc) is 3.39. The lowest BCUT2D eigenvalue weighted by atomic mass is 9.95. The zero-order valence-electron chi connectivity index (χ0n) is 20.0.